The van der Waals surface area contributed by atoms with Gasteiger partial charge in [-0.3, -0.25) is 4.40 Å². The lowest BCUT2D eigenvalue weighted by molar-refractivity contribution is 0.0591. The number of pyridine rings is 1. The summed E-state index contributed by atoms with van der Waals surface area (Å²) in [7, 11) is 1.40. The van der Waals surface area contributed by atoms with Gasteiger partial charge in [0.05, 0.1) is 12.6 Å². The highest BCUT2D eigenvalue weighted by Gasteiger charge is 2.27. The van der Waals surface area contributed by atoms with E-state index in [4.69, 9.17) is 4.74 Å². The monoisotopic (exact) mass is 308 g/mol. The molecule has 1 aliphatic carbocycles. The van der Waals surface area contributed by atoms with E-state index in [1.165, 1.54) is 13.5 Å². The van der Waals surface area contributed by atoms with Crippen molar-refractivity contribution in [3.05, 3.63) is 34.3 Å². The Morgan fingerprint density at radius 1 is 1.50 bits per heavy atom. The molecule has 4 nitrogen and oxygen atoms in total. The van der Waals surface area contributed by atoms with Crippen molar-refractivity contribution < 1.29 is 9.53 Å². The average Bonchev–Trinajstić information content (AvgIpc) is 2.64. The molecule has 2 aromatic heterocycles. The van der Waals surface area contributed by atoms with Crippen molar-refractivity contribution in [3.63, 3.8) is 0 Å². The first-order chi connectivity index (χ1) is 8.72. The lowest BCUT2D eigenvalue weighted by Gasteiger charge is -2.24. The van der Waals surface area contributed by atoms with Crippen LogP contribution in [-0.4, -0.2) is 22.5 Å². The summed E-state index contributed by atoms with van der Waals surface area (Å²) in [6.07, 6.45) is 3.51. The minimum Gasteiger partial charge on any atom is -0.464 e. The van der Waals surface area contributed by atoms with Crippen LogP contribution in [0, 0.1) is 0 Å². The van der Waals surface area contributed by atoms with Gasteiger partial charge in [-0.1, -0.05) is 12.5 Å². The predicted molar refractivity (Wildman–Crippen MR) is 70.8 cm³/mol. The van der Waals surface area contributed by atoms with Gasteiger partial charge in [-0.05, 0) is 40.9 Å². The number of carbonyl (C=O) groups excluding carboxylic acids is 1. The maximum Gasteiger partial charge on any atom is 0.355 e. The zero-order valence-electron chi connectivity index (χ0n) is 10.0. The largest absolute Gasteiger partial charge is 0.464 e. The van der Waals surface area contributed by atoms with E-state index in [0.717, 1.165) is 28.8 Å². The fourth-order valence-electron chi connectivity index (χ4n) is 2.33. The molecule has 0 aromatic carbocycles. The Morgan fingerprint density at radius 3 is 2.89 bits per heavy atom. The Morgan fingerprint density at radius 2 is 2.28 bits per heavy atom. The molecule has 1 saturated carbocycles. The molecule has 18 heavy (non-hydrogen) atoms. The molecule has 5 heteroatoms. The number of methoxy groups -OCH3 is 1. The molecule has 1 aliphatic rings. The number of hydrogen-bond donors (Lipinski definition) is 0. The molecule has 0 bridgehead atoms. The van der Waals surface area contributed by atoms with Crippen LogP contribution in [0.2, 0.25) is 0 Å². The minimum absolute atomic E-state index is 0.328. The van der Waals surface area contributed by atoms with Gasteiger partial charge in [-0.2, -0.15) is 0 Å². The van der Waals surface area contributed by atoms with Gasteiger partial charge in [0.15, 0.2) is 0 Å². The number of carbonyl (C=O) groups is 1. The molecule has 94 valence electrons. The highest BCUT2D eigenvalue weighted by molar-refractivity contribution is 9.10. The average molecular weight is 309 g/mol. The van der Waals surface area contributed by atoms with Crippen molar-refractivity contribution in [2.45, 2.75) is 25.2 Å². The fraction of sp³-hybridized carbons (Fsp3) is 0.385. The lowest BCUT2D eigenvalue weighted by atomic mass is 9.85. The highest BCUT2D eigenvalue weighted by atomic mass is 79.9. The molecule has 2 aromatic rings. The topological polar surface area (TPSA) is 43.6 Å². The Labute approximate surface area is 113 Å². The van der Waals surface area contributed by atoms with Crippen molar-refractivity contribution in [2.24, 2.45) is 0 Å². The van der Waals surface area contributed by atoms with Crippen LogP contribution in [0.25, 0.3) is 5.52 Å². The van der Waals surface area contributed by atoms with E-state index in [9.17, 15) is 4.79 Å². The summed E-state index contributed by atoms with van der Waals surface area (Å²) in [6, 6.07) is 5.57. The van der Waals surface area contributed by atoms with Gasteiger partial charge in [0.2, 0.25) is 0 Å². The van der Waals surface area contributed by atoms with Gasteiger partial charge >= 0.3 is 5.97 Å². The molecule has 0 unspecified atom stereocenters. The summed E-state index contributed by atoms with van der Waals surface area (Å²) in [5.74, 6) is 1.09. The van der Waals surface area contributed by atoms with Crippen LogP contribution in [0.5, 0.6) is 0 Å². The summed E-state index contributed by atoms with van der Waals surface area (Å²) >= 11 is 3.46. The summed E-state index contributed by atoms with van der Waals surface area (Å²) in [6.45, 7) is 0. The zero-order chi connectivity index (χ0) is 12.7. The number of ether oxygens (including phenoxy) is 1. The molecular weight excluding hydrogens is 296 g/mol. The van der Waals surface area contributed by atoms with E-state index < -0.39 is 0 Å². The SMILES string of the molecule is COC(=O)c1cccc2c(Br)nc(C3CCC3)n12. The summed E-state index contributed by atoms with van der Waals surface area (Å²) in [5.41, 5.74) is 1.45. The van der Waals surface area contributed by atoms with E-state index in [2.05, 4.69) is 20.9 Å². The first-order valence-electron chi connectivity index (χ1n) is 5.97. The number of aromatic nitrogens is 2. The van der Waals surface area contributed by atoms with Gasteiger partial charge in [0.25, 0.3) is 0 Å². The third-order valence-electron chi connectivity index (χ3n) is 3.51. The molecule has 0 atom stereocenters. The highest BCUT2D eigenvalue weighted by Crippen LogP contribution is 2.37. The third kappa shape index (κ3) is 1.65. The van der Waals surface area contributed by atoms with Crippen LogP contribution in [0.1, 0.15) is 41.5 Å². The molecule has 1 fully saturated rings. The molecule has 0 spiro atoms. The van der Waals surface area contributed by atoms with Gasteiger partial charge in [0.1, 0.15) is 16.1 Å². The Kier molecular flexibility index (Phi) is 2.86. The summed E-state index contributed by atoms with van der Waals surface area (Å²) in [5, 5.41) is 0. The second kappa shape index (κ2) is 4.39. The molecule has 0 saturated heterocycles. The van der Waals surface area contributed by atoms with E-state index in [-0.39, 0.29) is 5.97 Å². The van der Waals surface area contributed by atoms with Crippen LogP contribution in [0.3, 0.4) is 0 Å². The van der Waals surface area contributed by atoms with Crippen molar-refractivity contribution in [3.8, 4) is 0 Å². The number of rotatable bonds is 2. The first kappa shape index (κ1) is 11.7. The zero-order valence-corrected chi connectivity index (χ0v) is 11.6. The van der Waals surface area contributed by atoms with Gasteiger partial charge in [-0.15, -0.1) is 0 Å². The van der Waals surface area contributed by atoms with Gasteiger partial charge in [-0.25, -0.2) is 9.78 Å². The smallest absolute Gasteiger partial charge is 0.355 e. The minimum atomic E-state index is -0.328. The summed E-state index contributed by atoms with van der Waals surface area (Å²) < 4.78 is 7.54. The van der Waals surface area contributed by atoms with E-state index >= 15 is 0 Å². The van der Waals surface area contributed by atoms with Crippen molar-refractivity contribution in [2.75, 3.05) is 7.11 Å². The fourth-order valence-corrected chi connectivity index (χ4v) is 2.82. The van der Waals surface area contributed by atoms with E-state index in [0.29, 0.717) is 11.6 Å². The normalized spacial score (nSPS) is 15.7. The quantitative estimate of drug-likeness (QED) is 0.800. The van der Waals surface area contributed by atoms with Crippen LogP contribution in [0.4, 0.5) is 0 Å². The Balaban J connectivity index is 2.26. The van der Waals surface area contributed by atoms with Crippen LogP contribution >= 0.6 is 15.9 Å². The van der Waals surface area contributed by atoms with E-state index in [1.807, 2.05) is 16.5 Å². The molecule has 0 aliphatic heterocycles. The molecule has 3 rings (SSSR count). The number of esters is 1. The molecule has 2 heterocycles. The second-order valence-corrected chi connectivity index (χ2v) is 5.26. The number of imidazole rings is 1. The number of fused-ring (bicyclic) bond motifs is 1. The van der Waals surface area contributed by atoms with Crippen molar-refractivity contribution in [1.29, 1.82) is 0 Å². The Bertz CT molecular complexity index is 617. The molecular formula is C13H13BrN2O2. The molecule has 0 radical (unpaired) electrons. The number of halogens is 1. The number of nitrogens with zero attached hydrogens (tertiary/aromatic N) is 2. The van der Waals surface area contributed by atoms with Gasteiger partial charge < -0.3 is 4.74 Å². The van der Waals surface area contributed by atoms with Gasteiger partial charge in [0, 0.05) is 5.92 Å². The van der Waals surface area contributed by atoms with Crippen molar-refractivity contribution in [1.82, 2.24) is 9.38 Å². The maximum atomic E-state index is 11.8. The number of hydrogen-bond acceptors (Lipinski definition) is 3. The maximum absolute atomic E-state index is 11.8. The van der Waals surface area contributed by atoms with Crippen molar-refractivity contribution >= 4 is 27.4 Å². The summed E-state index contributed by atoms with van der Waals surface area (Å²) in [4.78, 5) is 16.4. The van der Waals surface area contributed by atoms with Crippen LogP contribution in [0.15, 0.2) is 22.8 Å². The lowest BCUT2D eigenvalue weighted by Crippen LogP contribution is -2.16. The van der Waals surface area contributed by atoms with E-state index in [1.54, 1.807) is 6.07 Å². The Hall–Kier alpha value is -1.36. The molecule has 0 N–H and O–H groups in total. The third-order valence-corrected chi connectivity index (χ3v) is 4.09. The predicted octanol–water partition coefficient (Wildman–Crippen LogP) is 3.15. The van der Waals surface area contributed by atoms with Crippen LogP contribution in [-0.2, 0) is 4.74 Å². The first-order valence-corrected chi connectivity index (χ1v) is 6.77. The standard InChI is InChI=1S/C13H13BrN2O2/c1-18-13(17)10-7-3-6-9-11(14)15-12(16(9)10)8-4-2-5-8/h3,6-8H,2,4-5H2,1H3. The second-order valence-electron chi connectivity index (χ2n) is 4.51. The van der Waals surface area contributed by atoms with Crippen LogP contribution < -0.4 is 0 Å². The molecule has 0 amide bonds.